The zero-order chi connectivity index (χ0) is 13.4. The van der Waals surface area contributed by atoms with Crippen molar-refractivity contribution in [2.24, 2.45) is 5.92 Å². The Morgan fingerprint density at radius 2 is 1.47 bits per heavy atom. The molecule has 0 amide bonds. The van der Waals surface area contributed by atoms with Gasteiger partial charge in [-0.15, -0.1) is 0 Å². The molecule has 0 aromatic rings. The van der Waals surface area contributed by atoms with Gasteiger partial charge in [0.05, 0.1) is 13.2 Å². The Morgan fingerprint density at radius 3 is 1.76 bits per heavy atom. The van der Waals surface area contributed by atoms with E-state index in [0.717, 1.165) is 0 Å². The first-order valence-corrected chi connectivity index (χ1v) is 5.45. The quantitative estimate of drug-likeness (QED) is 0.382. The Balaban J connectivity index is 4.72. The molecule has 0 aliphatic rings. The molecule has 0 bridgehead atoms. The van der Waals surface area contributed by atoms with Gasteiger partial charge >= 0.3 is 11.9 Å². The van der Waals surface area contributed by atoms with Crippen molar-refractivity contribution in [3.05, 3.63) is 12.2 Å². The summed E-state index contributed by atoms with van der Waals surface area (Å²) in [6.07, 6.45) is -0.0625. The minimum atomic E-state index is -1.11. The molecule has 0 fully saturated rings. The first-order chi connectivity index (χ1) is 7.93. The molecule has 0 aromatic carbocycles. The third-order valence-corrected chi connectivity index (χ3v) is 2.09. The zero-order valence-corrected chi connectivity index (χ0v) is 10.4. The molecule has 0 rings (SSSR count). The van der Waals surface area contributed by atoms with Gasteiger partial charge in [-0.1, -0.05) is 6.58 Å². The van der Waals surface area contributed by atoms with Crippen molar-refractivity contribution in [2.75, 3.05) is 13.2 Å². The molecular formula is C12H18O5. The molecule has 0 heterocycles. The average Bonchev–Trinajstić information content (AvgIpc) is 2.25. The Labute approximate surface area is 101 Å². The van der Waals surface area contributed by atoms with Crippen molar-refractivity contribution in [3.63, 3.8) is 0 Å². The lowest BCUT2D eigenvalue weighted by Crippen LogP contribution is -2.29. The number of Topliss-reactive ketones (excluding diaryl/α,β-unsaturated/α-hetero) is 1. The van der Waals surface area contributed by atoms with Gasteiger partial charge < -0.3 is 9.47 Å². The van der Waals surface area contributed by atoms with Gasteiger partial charge in [-0.25, -0.2) is 0 Å². The number of ketones is 1. The molecule has 0 aromatic heterocycles. The van der Waals surface area contributed by atoms with E-state index in [1.54, 1.807) is 13.8 Å². The number of carbonyl (C=O) groups excluding carboxylic acids is 3. The van der Waals surface area contributed by atoms with E-state index in [4.69, 9.17) is 9.47 Å². The van der Waals surface area contributed by atoms with E-state index in [-0.39, 0.29) is 31.0 Å². The summed E-state index contributed by atoms with van der Waals surface area (Å²) in [6, 6.07) is 0. The second-order valence-electron chi connectivity index (χ2n) is 3.42. The van der Waals surface area contributed by atoms with Crippen LogP contribution >= 0.6 is 0 Å². The molecule has 0 aliphatic carbocycles. The second-order valence-corrected chi connectivity index (χ2v) is 3.42. The molecule has 5 heteroatoms. The van der Waals surface area contributed by atoms with Crippen LogP contribution in [0.15, 0.2) is 12.2 Å². The van der Waals surface area contributed by atoms with Crippen molar-refractivity contribution in [3.8, 4) is 0 Å². The smallest absolute Gasteiger partial charge is 0.320 e. The van der Waals surface area contributed by atoms with Gasteiger partial charge in [0, 0.05) is 0 Å². The number of hydrogen-bond donors (Lipinski definition) is 0. The maximum atomic E-state index is 11.5. The van der Waals surface area contributed by atoms with Gasteiger partial charge in [0.25, 0.3) is 0 Å². The number of esters is 2. The predicted molar refractivity (Wildman–Crippen MR) is 61.2 cm³/mol. The van der Waals surface area contributed by atoms with Crippen LogP contribution < -0.4 is 0 Å². The SMILES string of the molecule is C=C(CC(C(=O)OCC)C(=O)OCC)C(C)=O. The molecule has 0 saturated heterocycles. The van der Waals surface area contributed by atoms with Crippen molar-refractivity contribution < 1.29 is 23.9 Å². The van der Waals surface area contributed by atoms with Crippen LogP contribution in [0.5, 0.6) is 0 Å². The van der Waals surface area contributed by atoms with Crippen molar-refractivity contribution >= 4 is 17.7 Å². The van der Waals surface area contributed by atoms with Crippen LogP contribution in [0.4, 0.5) is 0 Å². The van der Waals surface area contributed by atoms with Crippen LogP contribution in [0.3, 0.4) is 0 Å². The predicted octanol–water partition coefficient (Wildman–Crippen LogP) is 1.26. The van der Waals surface area contributed by atoms with Gasteiger partial charge in [-0.2, -0.15) is 0 Å². The lowest BCUT2D eigenvalue weighted by atomic mass is 9.98. The highest BCUT2D eigenvalue weighted by Gasteiger charge is 2.30. The van der Waals surface area contributed by atoms with Gasteiger partial charge in [0.15, 0.2) is 11.7 Å². The van der Waals surface area contributed by atoms with Crippen molar-refractivity contribution in [2.45, 2.75) is 27.2 Å². The lowest BCUT2D eigenvalue weighted by Gasteiger charge is -2.14. The highest BCUT2D eigenvalue weighted by molar-refractivity contribution is 5.98. The molecule has 17 heavy (non-hydrogen) atoms. The Kier molecular flexibility index (Phi) is 6.86. The largest absolute Gasteiger partial charge is 0.465 e. The van der Waals surface area contributed by atoms with E-state index in [1.165, 1.54) is 6.92 Å². The van der Waals surface area contributed by atoms with E-state index in [0.29, 0.717) is 0 Å². The summed E-state index contributed by atoms with van der Waals surface area (Å²) < 4.78 is 9.52. The molecule has 0 saturated carbocycles. The van der Waals surface area contributed by atoms with Crippen LogP contribution in [-0.4, -0.2) is 30.9 Å². The van der Waals surface area contributed by atoms with Crippen LogP contribution in [-0.2, 0) is 23.9 Å². The summed E-state index contributed by atoms with van der Waals surface area (Å²) in [7, 11) is 0. The summed E-state index contributed by atoms with van der Waals surface area (Å²) in [5.41, 5.74) is 0.205. The highest BCUT2D eigenvalue weighted by atomic mass is 16.6. The molecule has 0 unspecified atom stereocenters. The molecule has 0 spiro atoms. The number of carbonyl (C=O) groups is 3. The third-order valence-electron chi connectivity index (χ3n) is 2.09. The summed E-state index contributed by atoms with van der Waals surface area (Å²) >= 11 is 0. The zero-order valence-electron chi connectivity index (χ0n) is 10.4. The molecular weight excluding hydrogens is 224 g/mol. The summed E-state index contributed by atoms with van der Waals surface area (Å²) in [5.74, 6) is -2.74. The average molecular weight is 242 g/mol. The van der Waals surface area contributed by atoms with Gasteiger partial charge in [0.2, 0.25) is 0 Å². The first kappa shape index (κ1) is 15.3. The highest BCUT2D eigenvalue weighted by Crippen LogP contribution is 2.15. The van der Waals surface area contributed by atoms with Gasteiger partial charge in [0.1, 0.15) is 0 Å². The van der Waals surface area contributed by atoms with Crippen LogP contribution in [0.2, 0.25) is 0 Å². The normalized spacial score (nSPS) is 9.88. The van der Waals surface area contributed by atoms with Crippen LogP contribution in [0, 0.1) is 5.92 Å². The standard InChI is InChI=1S/C12H18O5/c1-5-16-11(14)10(12(15)17-6-2)7-8(3)9(4)13/h10H,3,5-7H2,1-2,4H3. The van der Waals surface area contributed by atoms with E-state index >= 15 is 0 Å². The Morgan fingerprint density at radius 1 is 1.06 bits per heavy atom. The van der Waals surface area contributed by atoms with Crippen molar-refractivity contribution in [1.82, 2.24) is 0 Å². The van der Waals surface area contributed by atoms with Crippen LogP contribution in [0.25, 0.3) is 0 Å². The minimum Gasteiger partial charge on any atom is -0.465 e. The van der Waals surface area contributed by atoms with Gasteiger partial charge in [-0.05, 0) is 32.8 Å². The summed E-state index contributed by atoms with van der Waals surface area (Å²) in [4.78, 5) is 34.1. The fourth-order valence-electron chi connectivity index (χ4n) is 1.14. The number of allylic oxidation sites excluding steroid dienone is 1. The summed E-state index contributed by atoms with van der Waals surface area (Å²) in [5, 5.41) is 0. The van der Waals surface area contributed by atoms with Crippen LogP contribution in [0.1, 0.15) is 27.2 Å². The molecule has 0 atom stereocenters. The Bertz CT molecular complexity index is 301. The minimum absolute atomic E-state index is 0.0625. The number of ether oxygens (including phenoxy) is 2. The molecule has 0 aliphatic heterocycles. The van der Waals surface area contributed by atoms with E-state index in [9.17, 15) is 14.4 Å². The van der Waals surface area contributed by atoms with Crippen molar-refractivity contribution in [1.29, 1.82) is 0 Å². The number of rotatable bonds is 7. The molecule has 0 radical (unpaired) electrons. The number of hydrogen-bond acceptors (Lipinski definition) is 5. The maximum Gasteiger partial charge on any atom is 0.320 e. The summed E-state index contributed by atoms with van der Waals surface area (Å²) in [6.45, 7) is 8.46. The fourth-order valence-corrected chi connectivity index (χ4v) is 1.14. The Hall–Kier alpha value is -1.65. The second kappa shape index (κ2) is 7.60. The maximum absolute atomic E-state index is 11.5. The lowest BCUT2D eigenvalue weighted by molar-refractivity contribution is -0.161. The third kappa shape index (κ3) is 5.29. The topological polar surface area (TPSA) is 69.7 Å². The molecule has 0 N–H and O–H groups in total. The fraction of sp³-hybridized carbons (Fsp3) is 0.583. The first-order valence-electron chi connectivity index (χ1n) is 5.45. The molecule has 96 valence electrons. The molecule has 5 nitrogen and oxygen atoms in total. The van der Waals surface area contributed by atoms with E-state index < -0.39 is 17.9 Å². The monoisotopic (exact) mass is 242 g/mol. The van der Waals surface area contributed by atoms with E-state index in [1.807, 2.05) is 0 Å². The van der Waals surface area contributed by atoms with Gasteiger partial charge in [-0.3, -0.25) is 14.4 Å². The van der Waals surface area contributed by atoms with E-state index in [2.05, 4.69) is 6.58 Å².